The monoisotopic (exact) mass is 682 g/mol. The molecule has 14 heteroatoms. The number of hydrogen-bond acceptors (Lipinski definition) is 11. The van der Waals surface area contributed by atoms with Gasteiger partial charge in [-0.2, -0.15) is 26.4 Å². The van der Waals surface area contributed by atoms with Crippen molar-refractivity contribution in [3.8, 4) is 28.8 Å². The van der Waals surface area contributed by atoms with E-state index in [2.05, 4.69) is 26.2 Å². The quantitative estimate of drug-likeness (QED) is 0.198. The van der Waals surface area contributed by atoms with E-state index in [1.165, 1.54) is 0 Å². The Morgan fingerprint density at radius 3 is 2.13 bits per heavy atom. The van der Waals surface area contributed by atoms with E-state index in [4.69, 9.17) is 9.40 Å². The number of rotatable bonds is 7. The summed E-state index contributed by atoms with van der Waals surface area (Å²) in [4.78, 5) is 27.4. The highest BCUT2D eigenvalue weighted by atomic mass is 32.3. The average Bonchev–Trinajstić information content (AvgIpc) is 3.71. The number of aromatic nitrogens is 2. The third-order valence-electron chi connectivity index (χ3n) is 10.0. The molecule has 0 unspecified atom stereocenters. The summed E-state index contributed by atoms with van der Waals surface area (Å²) in [6, 6.07) is 12.3. The lowest BCUT2D eigenvalue weighted by Gasteiger charge is -2.41. The third-order valence-corrected chi connectivity index (χ3v) is 13.4. The van der Waals surface area contributed by atoms with Crippen LogP contribution in [0.5, 0.6) is 0 Å². The molecule has 4 fully saturated rings. The Morgan fingerprint density at radius 1 is 0.894 bits per heavy atom. The highest BCUT2D eigenvalue weighted by Crippen LogP contribution is 2.46. The van der Waals surface area contributed by atoms with Gasteiger partial charge in [-0.25, -0.2) is 4.98 Å². The molecule has 5 N–H and O–H groups in total. The van der Waals surface area contributed by atoms with Crippen LogP contribution in [0.3, 0.4) is 0 Å². The number of nitrogens with one attached hydrogen (secondary N) is 1. The molecule has 3 aromatic rings. The van der Waals surface area contributed by atoms with Crippen molar-refractivity contribution in [3.05, 3.63) is 48.5 Å². The van der Waals surface area contributed by atoms with E-state index in [0.717, 1.165) is 36.2 Å². The molecule has 4 heterocycles. The summed E-state index contributed by atoms with van der Waals surface area (Å²) in [5.74, 6) is 1.73. The number of benzene rings is 1. The van der Waals surface area contributed by atoms with Gasteiger partial charge in [0.25, 0.3) is 0 Å². The summed E-state index contributed by atoms with van der Waals surface area (Å²) < 4.78 is 46.9. The minimum atomic E-state index is -2.54. The largest absolute Gasteiger partial charge is 0.440 e. The summed E-state index contributed by atoms with van der Waals surface area (Å²) in [6.45, 7) is 2.18. The topological polar surface area (TPSA) is 179 Å². The molecule has 1 aromatic carbocycles. The van der Waals surface area contributed by atoms with Crippen LogP contribution in [0.4, 0.5) is 11.4 Å². The molecule has 1 amide bonds. The van der Waals surface area contributed by atoms with Crippen LogP contribution in [0, 0.1) is 17.2 Å². The van der Waals surface area contributed by atoms with Crippen molar-refractivity contribution in [2.75, 3.05) is 59.0 Å². The fourth-order valence-corrected chi connectivity index (χ4v) is 9.37. The number of nitriles is 1. The number of amides is 1. The van der Waals surface area contributed by atoms with Gasteiger partial charge in [0.2, 0.25) is 11.8 Å². The third kappa shape index (κ3) is 6.97. The van der Waals surface area contributed by atoms with E-state index in [-0.39, 0.29) is 17.7 Å². The van der Waals surface area contributed by atoms with Gasteiger partial charge in [0.1, 0.15) is 17.0 Å². The SMILES string of the molecule is N#CC1(NC(=O)[C@@H]2CCCC[C@H]2c2oc(-c3cncc(N4CCS(O)(O)CC4)c3)nc2-c2ccc(N3CCS(O)(O)CC3)cc2)CC1. The standard InChI is InChI=1S/C33H42N6O6S2/c34-22-33(9-10-33)37-31(40)28-4-2-1-3-27(28)30-29(23-5-7-25(8-6-23)38-11-15-46(41,42)16-12-38)36-32(45-30)24-19-26(21-35-20-24)39-13-17-47(43,44)18-14-39/h5-8,19-21,27-28,41-44H,1-4,9-18H2,(H,37,40)/t27-,28-/m1/s1. The first-order valence-corrected chi connectivity index (χ1v) is 20.1. The van der Waals surface area contributed by atoms with Crippen LogP contribution in [-0.2, 0) is 4.79 Å². The number of oxazole rings is 1. The van der Waals surface area contributed by atoms with Crippen molar-refractivity contribution in [1.82, 2.24) is 15.3 Å². The predicted octanol–water partition coefficient (Wildman–Crippen LogP) is 5.99. The first-order chi connectivity index (χ1) is 22.5. The van der Waals surface area contributed by atoms with E-state index in [1.54, 1.807) is 12.4 Å². The Kier molecular flexibility index (Phi) is 8.65. The minimum Gasteiger partial charge on any atom is -0.440 e. The Hall–Kier alpha value is -3.32. The molecular weight excluding hydrogens is 641 g/mol. The smallest absolute Gasteiger partial charge is 0.228 e. The number of carbonyl (C=O) groups is 1. The molecule has 2 saturated heterocycles. The lowest BCUT2D eigenvalue weighted by atomic mass is 9.76. The molecule has 0 spiro atoms. The number of carbonyl (C=O) groups excluding carboxylic acids is 1. The van der Waals surface area contributed by atoms with Gasteiger partial charge in [-0.1, -0.05) is 25.0 Å². The lowest BCUT2D eigenvalue weighted by Crippen LogP contribution is -2.42. The molecule has 2 atom stereocenters. The van der Waals surface area contributed by atoms with E-state index >= 15 is 0 Å². The van der Waals surface area contributed by atoms with Crippen LogP contribution in [-0.4, -0.2) is 88.8 Å². The highest BCUT2D eigenvalue weighted by molar-refractivity contribution is 8.24. The molecule has 12 nitrogen and oxygen atoms in total. The average molecular weight is 683 g/mol. The Morgan fingerprint density at radius 2 is 1.51 bits per heavy atom. The molecule has 2 saturated carbocycles. The maximum absolute atomic E-state index is 13.6. The van der Waals surface area contributed by atoms with Crippen LogP contribution in [0.25, 0.3) is 22.7 Å². The normalized spacial score (nSPS) is 26.1. The summed E-state index contributed by atoms with van der Waals surface area (Å²) in [5.41, 5.74) is 3.30. The van der Waals surface area contributed by atoms with E-state index in [0.29, 0.717) is 91.4 Å². The van der Waals surface area contributed by atoms with Gasteiger partial charge in [-0.05, 0) is 43.9 Å². The van der Waals surface area contributed by atoms with Gasteiger partial charge in [-0.15, -0.1) is 0 Å². The van der Waals surface area contributed by atoms with Crippen molar-refractivity contribution < 1.29 is 27.4 Å². The summed E-state index contributed by atoms with van der Waals surface area (Å²) in [6.07, 6.45) is 8.14. The van der Waals surface area contributed by atoms with Gasteiger partial charge in [0, 0.05) is 55.5 Å². The Bertz CT molecular complexity index is 1650. The van der Waals surface area contributed by atoms with Crippen molar-refractivity contribution in [3.63, 3.8) is 0 Å². The maximum atomic E-state index is 13.6. The second kappa shape index (κ2) is 12.6. The van der Waals surface area contributed by atoms with Gasteiger partial charge in [-0.3, -0.25) is 28.0 Å². The minimum absolute atomic E-state index is 0.108. The number of nitrogens with zero attached hydrogens (tertiary/aromatic N) is 5. The second-order valence-corrected chi connectivity index (χ2v) is 18.1. The maximum Gasteiger partial charge on any atom is 0.228 e. The van der Waals surface area contributed by atoms with Gasteiger partial charge < -0.3 is 19.5 Å². The van der Waals surface area contributed by atoms with Gasteiger partial charge in [0.05, 0.1) is 46.5 Å². The van der Waals surface area contributed by atoms with Crippen molar-refractivity contribution in [2.24, 2.45) is 5.92 Å². The van der Waals surface area contributed by atoms with Gasteiger partial charge >= 0.3 is 0 Å². The zero-order valence-electron chi connectivity index (χ0n) is 26.3. The number of hydrogen-bond donors (Lipinski definition) is 5. The molecule has 2 aliphatic heterocycles. The fourth-order valence-electron chi connectivity index (χ4n) is 6.91. The first kappa shape index (κ1) is 32.2. The molecular formula is C33H42N6O6S2. The summed E-state index contributed by atoms with van der Waals surface area (Å²) in [5, 5.41) is 12.7. The molecule has 2 aromatic heterocycles. The molecule has 47 heavy (non-hydrogen) atoms. The highest BCUT2D eigenvalue weighted by Gasteiger charge is 2.47. The number of pyridine rings is 1. The van der Waals surface area contributed by atoms with Crippen LogP contribution >= 0.6 is 21.2 Å². The van der Waals surface area contributed by atoms with Crippen molar-refractivity contribution in [2.45, 2.75) is 50.0 Å². The predicted molar refractivity (Wildman–Crippen MR) is 185 cm³/mol. The number of anilines is 2. The van der Waals surface area contributed by atoms with E-state index in [9.17, 15) is 28.3 Å². The van der Waals surface area contributed by atoms with Crippen molar-refractivity contribution in [1.29, 1.82) is 5.26 Å². The molecule has 252 valence electrons. The summed E-state index contributed by atoms with van der Waals surface area (Å²) >= 11 is 0. The molecule has 0 bridgehead atoms. The molecule has 2 aliphatic carbocycles. The Labute approximate surface area is 277 Å². The van der Waals surface area contributed by atoms with E-state index in [1.807, 2.05) is 30.3 Å². The molecule has 4 aliphatic rings. The zero-order valence-corrected chi connectivity index (χ0v) is 27.9. The summed E-state index contributed by atoms with van der Waals surface area (Å²) in [7, 11) is -5.03. The van der Waals surface area contributed by atoms with Crippen LogP contribution in [0.2, 0.25) is 0 Å². The Balaban J connectivity index is 1.22. The zero-order chi connectivity index (χ0) is 32.8. The first-order valence-electron chi connectivity index (χ1n) is 16.3. The van der Waals surface area contributed by atoms with E-state index < -0.39 is 26.7 Å². The van der Waals surface area contributed by atoms with Crippen molar-refractivity contribution >= 4 is 38.5 Å². The van der Waals surface area contributed by atoms with Crippen LogP contribution in [0.15, 0.2) is 47.1 Å². The second-order valence-electron chi connectivity index (χ2n) is 13.3. The van der Waals surface area contributed by atoms with Gasteiger partial charge in [0.15, 0.2) is 0 Å². The molecule has 7 rings (SSSR count). The van der Waals surface area contributed by atoms with Crippen LogP contribution < -0.4 is 15.1 Å². The fraction of sp³-hybridized carbons (Fsp3) is 0.515. The molecule has 0 radical (unpaired) electrons. The lowest BCUT2D eigenvalue weighted by molar-refractivity contribution is -0.127. The van der Waals surface area contributed by atoms with Crippen LogP contribution in [0.1, 0.15) is 50.2 Å².